The first-order chi connectivity index (χ1) is 9.15. The Morgan fingerprint density at radius 1 is 1.47 bits per heavy atom. The van der Waals surface area contributed by atoms with Gasteiger partial charge in [-0.15, -0.1) is 0 Å². The van der Waals surface area contributed by atoms with Crippen LogP contribution in [0, 0.1) is 5.92 Å². The lowest BCUT2D eigenvalue weighted by Crippen LogP contribution is -2.38. The molecule has 5 nitrogen and oxygen atoms in total. The van der Waals surface area contributed by atoms with Crippen molar-refractivity contribution in [3.8, 4) is 0 Å². The van der Waals surface area contributed by atoms with E-state index in [4.69, 9.17) is 10.5 Å². The van der Waals surface area contributed by atoms with E-state index in [1.54, 1.807) is 7.11 Å². The summed E-state index contributed by atoms with van der Waals surface area (Å²) in [4.78, 5) is 11.2. The van der Waals surface area contributed by atoms with Crippen LogP contribution in [0.4, 0.5) is 11.6 Å². The highest BCUT2D eigenvalue weighted by Crippen LogP contribution is 2.36. The molecule has 0 amide bonds. The van der Waals surface area contributed by atoms with Crippen molar-refractivity contribution in [3.05, 3.63) is 11.9 Å². The number of anilines is 2. The molecule has 1 aromatic heterocycles. The average molecular weight is 264 g/mol. The topological polar surface area (TPSA) is 64.3 Å². The van der Waals surface area contributed by atoms with Crippen molar-refractivity contribution in [1.29, 1.82) is 0 Å². The Bertz CT molecular complexity index is 420. The number of ether oxygens (including phenoxy) is 1. The van der Waals surface area contributed by atoms with Gasteiger partial charge in [-0.2, -0.15) is 0 Å². The number of aromatic nitrogens is 2. The zero-order chi connectivity index (χ0) is 13.8. The second-order valence-electron chi connectivity index (χ2n) is 5.19. The van der Waals surface area contributed by atoms with Crippen LogP contribution in [0.3, 0.4) is 0 Å². The summed E-state index contributed by atoms with van der Waals surface area (Å²) >= 11 is 0. The largest absolute Gasteiger partial charge is 0.384 e. The van der Waals surface area contributed by atoms with Crippen LogP contribution < -0.4 is 10.6 Å². The Morgan fingerprint density at radius 3 is 2.79 bits per heavy atom. The molecule has 1 unspecified atom stereocenters. The number of hydrogen-bond acceptors (Lipinski definition) is 5. The van der Waals surface area contributed by atoms with E-state index in [0.29, 0.717) is 18.5 Å². The van der Waals surface area contributed by atoms with Gasteiger partial charge >= 0.3 is 0 Å². The molecular weight excluding hydrogens is 240 g/mol. The van der Waals surface area contributed by atoms with Gasteiger partial charge in [0, 0.05) is 32.2 Å². The van der Waals surface area contributed by atoms with Crippen LogP contribution >= 0.6 is 0 Å². The van der Waals surface area contributed by atoms with Gasteiger partial charge in [0.25, 0.3) is 0 Å². The lowest BCUT2D eigenvalue weighted by Gasteiger charge is -2.30. The highest BCUT2D eigenvalue weighted by Gasteiger charge is 2.32. The number of hydrogen-bond donors (Lipinski definition) is 1. The number of nitrogens with zero attached hydrogens (tertiary/aromatic N) is 3. The summed E-state index contributed by atoms with van der Waals surface area (Å²) in [6, 6.07) is 2.35. The standard InChI is InChI=1S/C14H24N4O/c1-4-13-16-12(15)9-14(17-13)18(7-8-19-3)10(2)11-5-6-11/h9-11H,4-8H2,1-3H3,(H2,15,16,17). The molecule has 0 saturated heterocycles. The summed E-state index contributed by atoms with van der Waals surface area (Å²) in [6.45, 7) is 5.84. The lowest BCUT2D eigenvalue weighted by molar-refractivity contribution is 0.202. The molecule has 2 rings (SSSR count). The second-order valence-corrected chi connectivity index (χ2v) is 5.19. The fraction of sp³-hybridized carbons (Fsp3) is 0.714. The molecule has 0 radical (unpaired) electrons. The monoisotopic (exact) mass is 264 g/mol. The van der Waals surface area contributed by atoms with Crippen molar-refractivity contribution in [1.82, 2.24) is 9.97 Å². The average Bonchev–Trinajstić information content (AvgIpc) is 3.22. The molecule has 106 valence electrons. The van der Waals surface area contributed by atoms with E-state index < -0.39 is 0 Å². The summed E-state index contributed by atoms with van der Waals surface area (Å²) in [5, 5.41) is 0. The molecule has 1 saturated carbocycles. The molecular formula is C14H24N4O. The van der Waals surface area contributed by atoms with Crippen LogP contribution in [0.25, 0.3) is 0 Å². The van der Waals surface area contributed by atoms with Gasteiger partial charge in [0.2, 0.25) is 0 Å². The van der Waals surface area contributed by atoms with Gasteiger partial charge in [-0.1, -0.05) is 6.92 Å². The number of methoxy groups -OCH3 is 1. The molecule has 1 aliphatic rings. The third-order valence-corrected chi connectivity index (χ3v) is 3.72. The Morgan fingerprint density at radius 2 is 2.21 bits per heavy atom. The Balaban J connectivity index is 2.22. The number of rotatable bonds is 7. The number of nitrogens with two attached hydrogens (primary N) is 1. The van der Waals surface area contributed by atoms with Gasteiger partial charge in [0.15, 0.2) is 0 Å². The molecule has 5 heteroatoms. The van der Waals surface area contributed by atoms with Crippen molar-refractivity contribution in [2.75, 3.05) is 30.9 Å². The van der Waals surface area contributed by atoms with Crippen LogP contribution in [0.2, 0.25) is 0 Å². The summed E-state index contributed by atoms with van der Waals surface area (Å²) < 4.78 is 5.21. The highest BCUT2D eigenvalue weighted by molar-refractivity contribution is 5.48. The van der Waals surface area contributed by atoms with Gasteiger partial charge in [-0.3, -0.25) is 0 Å². The van der Waals surface area contributed by atoms with Crippen molar-refractivity contribution in [2.24, 2.45) is 5.92 Å². The SMILES string of the molecule is CCc1nc(N)cc(N(CCOC)C(C)C2CC2)n1. The fourth-order valence-corrected chi connectivity index (χ4v) is 2.36. The van der Waals surface area contributed by atoms with Crippen LogP contribution in [0.15, 0.2) is 6.07 Å². The molecule has 0 aliphatic heterocycles. The van der Waals surface area contributed by atoms with E-state index >= 15 is 0 Å². The van der Waals surface area contributed by atoms with Gasteiger partial charge in [-0.05, 0) is 25.7 Å². The minimum absolute atomic E-state index is 0.481. The molecule has 1 atom stereocenters. The van der Waals surface area contributed by atoms with Crippen molar-refractivity contribution in [2.45, 2.75) is 39.2 Å². The van der Waals surface area contributed by atoms with Crippen LogP contribution in [0.1, 0.15) is 32.5 Å². The minimum Gasteiger partial charge on any atom is -0.384 e. The molecule has 2 N–H and O–H groups in total. The summed E-state index contributed by atoms with van der Waals surface area (Å²) in [5.41, 5.74) is 5.88. The van der Waals surface area contributed by atoms with E-state index in [1.807, 2.05) is 13.0 Å². The lowest BCUT2D eigenvalue weighted by atomic mass is 10.2. The summed E-state index contributed by atoms with van der Waals surface area (Å²) in [5.74, 6) is 3.06. The van der Waals surface area contributed by atoms with Crippen LogP contribution in [-0.2, 0) is 11.2 Å². The maximum atomic E-state index is 5.88. The normalized spacial score (nSPS) is 16.4. The molecule has 1 heterocycles. The maximum absolute atomic E-state index is 5.88. The smallest absolute Gasteiger partial charge is 0.134 e. The zero-order valence-electron chi connectivity index (χ0n) is 12.1. The van der Waals surface area contributed by atoms with Gasteiger partial charge in [0.05, 0.1) is 6.61 Å². The van der Waals surface area contributed by atoms with E-state index in [0.717, 1.165) is 30.5 Å². The predicted octanol–water partition coefficient (Wildman–Crippen LogP) is 1.87. The third-order valence-electron chi connectivity index (χ3n) is 3.72. The maximum Gasteiger partial charge on any atom is 0.134 e. The molecule has 19 heavy (non-hydrogen) atoms. The second kappa shape index (κ2) is 6.19. The summed E-state index contributed by atoms with van der Waals surface area (Å²) in [7, 11) is 1.73. The van der Waals surface area contributed by atoms with Crippen molar-refractivity contribution < 1.29 is 4.74 Å². The molecule has 1 fully saturated rings. The molecule has 1 aromatic rings. The first-order valence-corrected chi connectivity index (χ1v) is 7.04. The molecule has 0 spiro atoms. The zero-order valence-corrected chi connectivity index (χ0v) is 12.1. The summed E-state index contributed by atoms with van der Waals surface area (Å²) in [6.07, 6.45) is 3.42. The highest BCUT2D eigenvalue weighted by atomic mass is 16.5. The Kier molecular flexibility index (Phi) is 4.58. The number of nitrogen functional groups attached to an aromatic ring is 1. The molecule has 0 aromatic carbocycles. The van der Waals surface area contributed by atoms with Gasteiger partial charge in [0.1, 0.15) is 17.5 Å². The molecule has 0 bridgehead atoms. The van der Waals surface area contributed by atoms with E-state index in [-0.39, 0.29) is 0 Å². The van der Waals surface area contributed by atoms with E-state index in [2.05, 4.69) is 21.8 Å². The van der Waals surface area contributed by atoms with E-state index in [1.165, 1.54) is 12.8 Å². The van der Waals surface area contributed by atoms with Crippen molar-refractivity contribution in [3.63, 3.8) is 0 Å². The molecule has 1 aliphatic carbocycles. The first-order valence-electron chi connectivity index (χ1n) is 7.04. The fourth-order valence-electron chi connectivity index (χ4n) is 2.36. The van der Waals surface area contributed by atoms with E-state index in [9.17, 15) is 0 Å². The van der Waals surface area contributed by atoms with Crippen molar-refractivity contribution >= 4 is 11.6 Å². The van der Waals surface area contributed by atoms with Crippen LogP contribution in [0.5, 0.6) is 0 Å². The Labute approximate surface area is 115 Å². The van der Waals surface area contributed by atoms with Gasteiger partial charge < -0.3 is 15.4 Å². The predicted molar refractivity (Wildman–Crippen MR) is 77.2 cm³/mol. The first kappa shape index (κ1) is 14.1. The number of aryl methyl sites for hydroxylation is 1. The Hall–Kier alpha value is -1.36. The van der Waals surface area contributed by atoms with Crippen LogP contribution in [-0.4, -0.2) is 36.3 Å². The minimum atomic E-state index is 0.481. The quantitative estimate of drug-likeness (QED) is 0.814. The van der Waals surface area contributed by atoms with Gasteiger partial charge in [-0.25, -0.2) is 9.97 Å². The third kappa shape index (κ3) is 3.56.